The van der Waals surface area contributed by atoms with Crippen LogP contribution >= 0.6 is 0 Å². The van der Waals surface area contributed by atoms with Gasteiger partial charge < -0.3 is 5.73 Å². The van der Waals surface area contributed by atoms with Crippen molar-refractivity contribution in [1.82, 2.24) is 9.78 Å². The Balaban J connectivity index is 2.57. The number of aryl methyl sites for hydroxylation is 5. The number of nitrogens with two attached hydrogens (primary N) is 1. The molecule has 1 aromatic carbocycles. The van der Waals surface area contributed by atoms with E-state index in [0.29, 0.717) is 6.54 Å². The molecule has 0 aliphatic carbocycles. The fraction of sp³-hybridized carbons (Fsp3) is 0.438. The molecule has 0 saturated carbocycles. The Hall–Kier alpha value is -1.61. The van der Waals surface area contributed by atoms with Gasteiger partial charge in [0.15, 0.2) is 0 Å². The summed E-state index contributed by atoms with van der Waals surface area (Å²) >= 11 is 0. The van der Waals surface area contributed by atoms with E-state index >= 15 is 0 Å². The number of hydrogen-bond donors (Lipinski definition) is 1. The first-order valence-corrected chi connectivity index (χ1v) is 6.74. The van der Waals surface area contributed by atoms with Crippen LogP contribution in [0.25, 0.3) is 0 Å². The third-order valence-corrected chi connectivity index (χ3v) is 3.63. The van der Waals surface area contributed by atoms with Crippen molar-refractivity contribution in [1.29, 1.82) is 0 Å². The van der Waals surface area contributed by atoms with Gasteiger partial charge in [-0.05, 0) is 57.4 Å². The zero-order valence-electron chi connectivity index (χ0n) is 12.5. The Morgan fingerprint density at radius 3 is 2.05 bits per heavy atom. The molecule has 2 N–H and O–H groups in total. The van der Waals surface area contributed by atoms with Crippen LogP contribution in [-0.4, -0.2) is 16.3 Å². The van der Waals surface area contributed by atoms with E-state index in [0.717, 1.165) is 11.4 Å². The molecule has 1 aromatic heterocycles. The molecule has 0 spiro atoms. The van der Waals surface area contributed by atoms with Crippen LogP contribution in [-0.2, 0) is 0 Å². The Labute approximate surface area is 115 Å². The standard InChI is InChI=1S/C16H23N3/c1-10-6-11(2)16(12(3)7-10)15(9-17)19-14(5)8-13(4)18-19/h6-8,15H,9,17H2,1-5H3. The van der Waals surface area contributed by atoms with Crippen LogP contribution in [0.2, 0.25) is 0 Å². The summed E-state index contributed by atoms with van der Waals surface area (Å²) in [5.74, 6) is 0. The topological polar surface area (TPSA) is 43.8 Å². The van der Waals surface area contributed by atoms with Gasteiger partial charge in [0, 0.05) is 12.2 Å². The number of aromatic nitrogens is 2. The van der Waals surface area contributed by atoms with Gasteiger partial charge in [0.25, 0.3) is 0 Å². The number of nitrogens with zero attached hydrogens (tertiary/aromatic N) is 2. The minimum Gasteiger partial charge on any atom is -0.328 e. The molecular formula is C16H23N3. The van der Waals surface area contributed by atoms with Crippen molar-refractivity contribution in [3.05, 3.63) is 51.8 Å². The van der Waals surface area contributed by atoms with E-state index in [1.807, 2.05) is 6.92 Å². The van der Waals surface area contributed by atoms with E-state index in [4.69, 9.17) is 5.73 Å². The average Bonchev–Trinajstić information content (AvgIpc) is 2.62. The highest BCUT2D eigenvalue weighted by atomic mass is 15.3. The van der Waals surface area contributed by atoms with Gasteiger partial charge in [0.1, 0.15) is 0 Å². The van der Waals surface area contributed by atoms with E-state index in [2.05, 4.69) is 55.7 Å². The molecule has 3 heteroatoms. The maximum Gasteiger partial charge on any atom is 0.0898 e. The highest BCUT2D eigenvalue weighted by molar-refractivity contribution is 5.40. The van der Waals surface area contributed by atoms with Crippen molar-refractivity contribution >= 4 is 0 Å². The summed E-state index contributed by atoms with van der Waals surface area (Å²) in [7, 11) is 0. The first-order chi connectivity index (χ1) is 8.93. The summed E-state index contributed by atoms with van der Waals surface area (Å²) in [6.45, 7) is 11.1. The predicted molar refractivity (Wildman–Crippen MR) is 79.5 cm³/mol. The van der Waals surface area contributed by atoms with Crippen LogP contribution < -0.4 is 5.73 Å². The molecular weight excluding hydrogens is 234 g/mol. The van der Waals surface area contributed by atoms with Gasteiger partial charge in [0.05, 0.1) is 11.7 Å². The minimum atomic E-state index is 0.120. The molecule has 102 valence electrons. The molecule has 2 rings (SSSR count). The van der Waals surface area contributed by atoms with Gasteiger partial charge in [-0.25, -0.2) is 0 Å². The van der Waals surface area contributed by atoms with Gasteiger partial charge in [0.2, 0.25) is 0 Å². The van der Waals surface area contributed by atoms with Gasteiger partial charge in [-0.2, -0.15) is 5.10 Å². The summed E-state index contributed by atoms with van der Waals surface area (Å²) in [5, 5.41) is 4.60. The third-order valence-electron chi connectivity index (χ3n) is 3.63. The van der Waals surface area contributed by atoms with E-state index < -0.39 is 0 Å². The first-order valence-electron chi connectivity index (χ1n) is 6.74. The van der Waals surface area contributed by atoms with Crippen LogP contribution in [0.15, 0.2) is 18.2 Å². The van der Waals surface area contributed by atoms with Crippen molar-refractivity contribution in [3.8, 4) is 0 Å². The smallest absolute Gasteiger partial charge is 0.0898 e. The van der Waals surface area contributed by atoms with Crippen molar-refractivity contribution in [3.63, 3.8) is 0 Å². The Bertz CT molecular complexity index is 573. The average molecular weight is 257 g/mol. The summed E-state index contributed by atoms with van der Waals surface area (Å²) < 4.78 is 2.06. The second-order valence-corrected chi connectivity index (χ2v) is 5.44. The van der Waals surface area contributed by atoms with Gasteiger partial charge in [-0.3, -0.25) is 4.68 Å². The van der Waals surface area contributed by atoms with Crippen molar-refractivity contribution in [2.45, 2.75) is 40.7 Å². The van der Waals surface area contributed by atoms with Gasteiger partial charge in [-0.15, -0.1) is 0 Å². The summed E-state index contributed by atoms with van der Waals surface area (Å²) in [6, 6.07) is 6.66. The molecule has 3 nitrogen and oxygen atoms in total. The van der Waals surface area contributed by atoms with Gasteiger partial charge in [-0.1, -0.05) is 17.7 Å². The normalized spacial score (nSPS) is 12.7. The highest BCUT2D eigenvalue weighted by Gasteiger charge is 2.19. The maximum absolute atomic E-state index is 6.03. The van der Waals surface area contributed by atoms with Gasteiger partial charge >= 0.3 is 0 Å². The molecule has 0 aliphatic heterocycles. The second kappa shape index (κ2) is 5.17. The van der Waals surface area contributed by atoms with Crippen LogP contribution in [0.3, 0.4) is 0 Å². The molecule has 0 bridgehead atoms. The summed E-state index contributed by atoms with van der Waals surface area (Å²) in [4.78, 5) is 0. The Kier molecular flexibility index (Phi) is 3.76. The fourth-order valence-corrected chi connectivity index (χ4v) is 3.02. The summed E-state index contributed by atoms with van der Waals surface area (Å²) in [5.41, 5.74) is 13.4. The molecule has 0 fully saturated rings. The number of hydrogen-bond acceptors (Lipinski definition) is 2. The molecule has 0 radical (unpaired) electrons. The lowest BCUT2D eigenvalue weighted by molar-refractivity contribution is 0.512. The number of benzene rings is 1. The molecule has 1 atom stereocenters. The largest absolute Gasteiger partial charge is 0.328 e. The van der Waals surface area contributed by atoms with Crippen molar-refractivity contribution in [2.75, 3.05) is 6.54 Å². The van der Waals surface area contributed by atoms with Crippen LogP contribution in [0.4, 0.5) is 0 Å². The quantitative estimate of drug-likeness (QED) is 0.918. The lowest BCUT2D eigenvalue weighted by Gasteiger charge is -2.22. The second-order valence-electron chi connectivity index (χ2n) is 5.44. The fourth-order valence-electron chi connectivity index (χ4n) is 3.02. The Morgan fingerprint density at radius 1 is 1.05 bits per heavy atom. The highest BCUT2D eigenvalue weighted by Crippen LogP contribution is 2.27. The van der Waals surface area contributed by atoms with Crippen molar-refractivity contribution < 1.29 is 0 Å². The summed E-state index contributed by atoms with van der Waals surface area (Å²) in [6.07, 6.45) is 0. The van der Waals surface area contributed by atoms with E-state index in [1.54, 1.807) is 0 Å². The van der Waals surface area contributed by atoms with E-state index in [9.17, 15) is 0 Å². The molecule has 19 heavy (non-hydrogen) atoms. The van der Waals surface area contributed by atoms with Crippen molar-refractivity contribution in [2.24, 2.45) is 5.73 Å². The lowest BCUT2D eigenvalue weighted by atomic mass is 9.94. The third kappa shape index (κ3) is 2.56. The number of rotatable bonds is 3. The lowest BCUT2D eigenvalue weighted by Crippen LogP contribution is -2.24. The Morgan fingerprint density at radius 2 is 1.63 bits per heavy atom. The zero-order chi connectivity index (χ0) is 14.2. The molecule has 1 unspecified atom stereocenters. The van der Waals surface area contributed by atoms with E-state index in [-0.39, 0.29) is 6.04 Å². The van der Waals surface area contributed by atoms with E-state index in [1.165, 1.54) is 22.3 Å². The molecule has 1 heterocycles. The monoisotopic (exact) mass is 257 g/mol. The minimum absolute atomic E-state index is 0.120. The van der Waals surface area contributed by atoms with Crippen LogP contribution in [0, 0.1) is 34.6 Å². The first kappa shape index (κ1) is 13.8. The molecule has 0 aliphatic rings. The molecule has 2 aromatic rings. The molecule has 0 amide bonds. The SMILES string of the molecule is Cc1cc(C)c(C(CN)n2nc(C)cc2C)c(C)c1. The predicted octanol–water partition coefficient (Wildman–Crippen LogP) is 2.97. The maximum atomic E-state index is 6.03. The van der Waals surface area contributed by atoms with Crippen LogP contribution in [0.5, 0.6) is 0 Å². The zero-order valence-corrected chi connectivity index (χ0v) is 12.5. The van der Waals surface area contributed by atoms with Crippen LogP contribution in [0.1, 0.15) is 39.7 Å². The molecule has 0 saturated heterocycles.